The summed E-state index contributed by atoms with van der Waals surface area (Å²) in [5.74, 6) is 0.456. The van der Waals surface area contributed by atoms with E-state index in [1.807, 2.05) is 36.4 Å². The third-order valence-electron chi connectivity index (χ3n) is 2.49. The fourth-order valence-electron chi connectivity index (χ4n) is 1.47. The summed E-state index contributed by atoms with van der Waals surface area (Å²) in [6.45, 7) is 0. The summed E-state index contributed by atoms with van der Waals surface area (Å²) in [6.07, 6.45) is 1.14. The first-order chi connectivity index (χ1) is 10.2. The van der Waals surface area contributed by atoms with Gasteiger partial charge in [0, 0.05) is 40.7 Å². The van der Waals surface area contributed by atoms with Crippen LogP contribution in [0.15, 0.2) is 57.8 Å². The number of halogens is 1. The van der Waals surface area contributed by atoms with Crippen LogP contribution in [-0.2, 0) is 0 Å². The molecule has 2 aromatic rings. The van der Waals surface area contributed by atoms with Gasteiger partial charge in [0.15, 0.2) is 0 Å². The molecule has 0 atom stereocenters. The van der Waals surface area contributed by atoms with Gasteiger partial charge >= 0.3 is 6.09 Å². The molecule has 0 aromatic heterocycles. The summed E-state index contributed by atoms with van der Waals surface area (Å²) in [7, 11) is 1.51. The molecule has 0 spiro atoms. The molecule has 0 bridgehead atoms. The Kier molecular flexibility index (Phi) is 5.66. The summed E-state index contributed by atoms with van der Waals surface area (Å²) >= 11 is 7.13. The molecule has 0 unspecified atom stereocenters. The molecule has 0 heterocycles. The maximum absolute atomic E-state index is 11.3. The van der Waals surface area contributed by atoms with Crippen molar-refractivity contribution in [1.29, 1.82) is 0 Å². The van der Waals surface area contributed by atoms with E-state index >= 15 is 0 Å². The topological polar surface area (TPSA) is 50.7 Å². The van der Waals surface area contributed by atoms with Gasteiger partial charge in [0.2, 0.25) is 0 Å². The minimum absolute atomic E-state index is 0.456. The number of amides is 1. The normalized spacial score (nSPS) is 10.6. The van der Waals surface area contributed by atoms with Crippen molar-refractivity contribution in [3.05, 3.63) is 59.1 Å². The van der Waals surface area contributed by atoms with E-state index in [4.69, 9.17) is 16.3 Å². The monoisotopic (exact) mass is 320 g/mol. The van der Waals surface area contributed by atoms with Crippen LogP contribution in [0, 0.1) is 0 Å². The third kappa shape index (κ3) is 4.81. The molecule has 2 rings (SSSR count). The van der Waals surface area contributed by atoms with Crippen molar-refractivity contribution in [1.82, 2.24) is 5.32 Å². The molecule has 0 aliphatic heterocycles. The highest BCUT2D eigenvalue weighted by atomic mass is 35.5. The van der Waals surface area contributed by atoms with Gasteiger partial charge in [-0.1, -0.05) is 23.7 Å². The minimum atomic E-state index is -0.513. The molecular weight excluding hydrogens is 308 g/mol. The van der Waals surface area contributed by atoms with E-state index in [-0.39, 0.29) is 0 Å². The molecule has 6 heteroatoms. The number of ether oxygens (including phenoxy) is 1. The maximum atomic E-state index is 11.3. The van der Waals surface area contributed by atoms with Crippen LogP contribution < -0.4 is 10.1 Å². The second-order valence-electron chi connectivity index (χ2n) is 3.96. The first kappa shape index (κ1) is 15.4. The van der Waals surface area contributed by atoms with Gasteiger partial charge in [-0.3, -0.25) is 0 Å². The number of carbonyl (C=O) groups is 1. The first-order valence-electron chi connectivity index (χ1n) is 6.13. The number of benzene rings is 2. The Hall–Kier alpha value is -1.98. The second-order valence-corrected chi connectivity index (χ2v) is 5.26. The number of carbonyl (C=O) groups excluding carboxylic acids is 1. The Bertz CT molecular complexity index is 644. The number of hydrogen-bond donors (Lipinski definition) is 1. The molecule has 4 nitrogen and oxygen atoms in total. The molecule has 0 saturated carbocycles. The van der Waals surface area contributed by atoms with Gasteiger partial charge in [-0.15, -0.1) is 0 Å². The zero-order chi connectivity index (χ0) is 15.1. The van der Waals surface area contributed by atoms with Crippen LogP contribution in [0.25, 0.3) is 0 Å². The first-order valence-corrected chi connectivity index (χ1v) is 7.29. The summed E-state index contributed by atoms with van der Waals surface area (Å²) in [4.78, 5) is 12.2. The highest BCUT2D eigenvalue weighted by Gasteiger charge is 2.05. The van der Waals surface area contributed by atoms with Gasteiger partial charge in [0.25, 0.3) is 0 Å². The lowest BCUT2D eigenvalue weighted by molar-refractivity contribution is 0.203. The van der Waals surface area contributed by atoms with Gasteiger partial charge in [-0.25, -0.2) is 9.19 Å². The molecule has 0 fully saturated rings. The van der Waals surface area contributed by atoms with E-state index < -0.39 is 6.09 Å². The van der Waals surface area contributed by atoms with Gasteiger partial charge in [0.05, 0.1) is 0 Å². The molecular formula is C15H13ClN2O2S. The highest BCUT2D eigenvalue weighted by Crippen LogP contribution is 2.22. The smallest absolute Gasteiger partial charge is 0.410 e. The summed E-state index contributed by atoms with van der Waals surface area (Å²) in [5.41, 5.74) is 0.725. The minimum Gasteiger partial charge on any atom is -0.410 e. The summed E-state index contributed by atoms with van der Waals surface area (Å²) in [5, 5.41) is 3.09. The number of rotatable bonds is 4. The van der Waals surface area contributed by atoms with E-state index in [1.165, 1.54) is 19.0 Å². The Morgan fingerprint density at radius 1 is 1.24 bits per heavy atom. The van der Waals surface area contributed by atoms with Crippen LogP contribution >= 0.6 is 23.5 Å². The zero-order valence-corrected chi connectivity index (χ0v) is 12.8. The Morgan fingerprint density at radius 2 is 1.95 bits per heavy atom. The molecule has 0 saturated heterocycles. The Balaban J connectivity index is 2.06. The molecule has 2 aromatic carbocycles. The van der Waals surface area contributed by atoms with Gasteiger partial charge in [-0.05, 0) is 36.4 Å². The van der Waals surface area contributed by atoms with E-state index in [2.05, 4.69) is 9.71 Å². The van der Waals surface area contributed by atoms with Crippen LogP contribution in [0.3, 0.4) is 0 Å². The quantitative estimate of drug-likeness (QED) is 0.679. The van der Waals surface area contributed by atoms with Crippen LogP contribution in [0.5, 0.6) is 5.75 Å². The molecule has 0 aliphatic rings. The number of nitrogens with one attached hydrogen (secondary N) is 1. The molecule has 0 aliphatic carbocycles. The zero-order valence-electron chi connectivity index (χ0n) is 11.2. The molecule has 21 heavy (non-hydrogen) atoms. The van der Waals surface area contributed by atoms with Crippen molar-refractivity contribution in [3.8, 4) is 5.75 Å². The predicted octanol–water partition coefficient (Wildman–Crippen LogP) is 4.18. The van der Waals surface area contributed by atoms with E-state index in [1.54, 1.807) is 18.3 Å². The lowest BCUT2D eigenvalue weighted by Gasteiger charge is -2.05. The van der Waals surface area contributed by atoms with Crippen molar-refractivity contribution in [2.75, 3.05) is 7.05 Å². The lowest BCUT2D eigenvalue weighted by atomic mass is 10.2. The van der Waals surface area contributed by atoms with Gasteiger partial charge in [0.1, 0.15) is 5.75 Å². The Morgan fingerprint density at radius 3 is 2.67 bits per heavy atom. The molecule has 1 amide bonds. The molecule has 1 N–H and O–H groups in total. The number of nitrogens with zero attached hydrogens (tertiary/aromatic N) is 1. The lowest BCUT2D eigenvalue weighted by Crippen LogP contribution is -2.22. The standard InChI is InChI=1S/C15H13ClN2O2S/c1-17-15(19)20-14-5-3-2-4-11(14)10-18-21-13-8-6-12(16)7-9-13/h2-10H,1H3,(H,17,19)/b18-10+. The van der Waals surface area contributed by atoms with E-state index in [0.717, 1.165) is 10.5 Å². The summed E-state index contributed by atoms with van der Waals surface area (Å²) < 4.78 is 9.42. The van der Waals surface area contributed by atoms with Gasteiger partial charge < -0.3 is 10.1 Å². The van der Waals surface area contributed by atoms with E-state index in [0.29, 0.717) is 10.8 Å². The third-order valence-corrected chi connectivity index (χ3v) is 3.44. The van der Waals surface area contributed by atoms with Crippen molar-refractivity contribution in [2.45, 2.75) is 4.90 Å². The van der Waals surface area contributed by atoms with Crippen molar-refractivity contribution < 1.29 is 9.53 Å². The fraction of sp³-hybridized carbons (Fsp3) is 0.0667. The average molecular weight is 321 g/mol. The predicted molar refractivity (Wildman–Crippen MR) is 86.4 cm³/mol. The molecule has 108 valence electrons. The van der Waals surface area contributed by atoms with Crippen molar-refractivity contribution >= 4 is 35.9 Å². The van der Waals surface area contributed by atoms with E-state index in [9.17, 15) is 4.79 Å². The maximum Gasteiger partial charge on any atom is 0.412 e. The number of para-hydroxylation sites is 1. The molecule has 0 radical (unpaired) electrons. The fourth-order valence-corrected chi connectivity index (χ4v) is 2.14. The highest BCUT2D eigenvalue weighted by molar-refractivity contribution is 7.98. The van der Waals surface area contributed by atoms with Crippen LogP contribution in [-0.4, -0.2) is 19.4 Å². The van der Waals surface area contributed by atoms with Crippen LogP contribution in [0.4, 0.5) is 4.79 Å². The second kappa shape index (κ2) is 7.71. The average Bonchev–Trinajstić information content (AvgIpc) is 2.51. The Labute approximate surface area is 132 Å². The van der Waals surface area contributed by atoms with Gasteiger partial charge in [-0.2, -0.15) is 0 Å². The van der Waals surface area contributed by atoms with Crippen LogP contribution in [0.2, 0.25) is 5.02 Å². The largest absolute Gasteiger partial charge is 0.412 e. The SMILES string of the molecule is CNC(=O)Oc1ccccc1/C=N/Sc1ccc(Cl)cc1. The van der Waals surface area contributed by atoms with Crippen molar-refractivity contribution in [3.63, 3.8) is 0 Å². The van der Waals surface area contributed by atoms with Crippen molar-refractivity contribution in [2.24, 2.45) is 4.40 Å². The summed E-state index contributed by atoms with van der Waals surface area (Å²) in [6, 6.07) is 14.6. The number of hydrogen-bond acceptors (Lipinski definition) is 4. The van der Waals surface area contributed by atoms with Crippen LogP contribution in [0.1, 0.15) is 5.56 Å².